The van der Waals surface area contributed by atoms with Crippen molar-refractivity contribution in [2.24, 2.45) is 0 Å². The van der Waals surface area contributed by atoms with Crippen LogP contribution in [-0.2, 0) is 22.4 Å². The van der Waals surface area contributed by atoms with Gasteiger partial charge in [0.05, 0.1) is 25.3 Å². The molecule has 4 rings (SSSR count). The highest BCUT2D eigenvalue weighted by atomic mass is 16.5. The summed E-state index contributed by atoms with van der Waals surface area (Å²) in [6.45, 7) is 0.902. The number of hydrogen-bond acceptors (Lipinski definition) is 4. The molecule has 2 amide bonds. The summed E-state index contributed by atoms with van der Waals surface area (Å²) in [6.07, 6.45) is 0.439. The number of ether oxygens (including phenoxy) is 2. The van der Waals surface area contributed by atoms with Gasteiger partial charge in [-0.15, -0.1) is 0 Å². The molecule has 0 fully saturated rings. The molecule has 0 spiro atoms. The topological polar surface area (TPSA) is 59.1 Å². The molecule has 1 atom stereocenters. The molecule has 0 bridgehead atoms. The Morgan fingerprint density at radius 1 is 1.15 bits per heavy atom. The van der Waals surface area contributed by atoms with Gasteiger partial charge in [0.2, 0.25) is 5.91 Å². The number of carbonyl (C=O) groups excluding carboxylic acids is 2. The predicted molar refractivity (Wildman–Crippen MR) is 101 cm³/mol. The van der Waals surface area contributed by atoms with Gasteiger partial charge in [-0.1, -0.05) is 24.3 Å². The standard InChI is InChI=1S/C21H22N2O4/c1-22(2)21(25)19-13-23(16-5-3-4-6-18(16)27-19)20(24)12-14-7-8-17-15(11-14)9-10-26-17/h3-8,11,19H,9-10,12-13H2,1-2H3/t19-/m1/s1. The Morgan fingerprint density at radius 3 is 2.78 bits per heavy atom. The largest absolute Gasteiger partial charge is 0.493 e. The maximum absolute atomic E-state index is 13.1. The third kappa shape index (κ3) is 3.35. The van der Waals surface area contributed by atoms with Gasteiger partial charge in [-0.25, -0.2) is 0 Å². The number of likely N-dealkylation sites (N-methyl/N-ethyl adjacent to an activating group) is 1. The first kappa shape index (κ1) is 17.4. The SMILES string of the molecule is CN(C)C(=O)[C@H]1CN(C(=O)Cc2ccc3c(c2)CCO3)c2ccccc2O1. The quantitative estimate of drug-likeness (QED) is 0.834. The van der Waals surface area contributed by atoms with Crippen molar-refractivity contribution in [1.29, 1.82) is 0 Å². The van der Waals surface area contributed by atoms with Gasteiger partial charge in [0, 0.05) is 20.5 Å². The summed E-state index contributed by atoms with van der Waals surface area (Å²) in [5.74, 6) is 1.25. The van der Waals surface area contributed by atoms with Crippen LogP contribution >= 0.6 is 0 Å². The van der Waals surface area contributed by atoms with Gasteiger partial charge in [0.25, 0.3) is 5.91 Å². The van der Waals surface area contributed by atoms with Crippen LogP contribution in [0.15, 0.2) is 42.5 Å². The summed E-state index contributed by atoms with van der Waals surface area (Å²) < 4.78 is 11.4. The Bertz CT molecular complexity index is 894. The number of carbonyl (C=O) groups is 2. The lowest BCUT2D eigenvalue weighted by Crippen LogP contribution is -2.50. The van der Waals surface area contributed by atoms with Crippen molar-refractivity contribution < 1.29 is 19.1 Å². The van der Waals surface area contributed by atoms with Crippen LogP contribution in [0.5, 0.6) is 11.5 Å². The fraction of sp³-hybridized carbons (Fsp3) is 0.333. The number of hydrogen-bond donors (Lipinski definition) is 0. The van der Waals surface area contributed by atoms with Crippen molar-refractivity contribution in [1.82, 2.24) is 4.90 Å². The van der Waals surface area contributed by atoms with E-state index in [1.54, 1.807) is 25.1 Å². The normalized spacial score (nSPS) is 17.4. The highest BCUT2D eigenvalue weighted by Crippen LogP contribution is 2.34. The van der Waals surface area contributed by atoms with Crippen LogP contribution in [-0.4, -0.2) is 50.1 Å². The Kier molecular flexibility index (Phi) is 4.48. The molecule has 6 heteroatoms. The highest BCUT2D eigenvalue weighted by molar-refractivity contribution is 5.98. The van der Waals surface area contributed by atoms with Crippen LogP contribution in [0.2, 0.25) is 0 Å². The maximum Gasteiger partial charge on any atom is 0.265 e. The lowest BCUT2D eigenvalue weighted by atomic mass is 10.0. The molecule has 2 aliphatic heterocycles. The maximum atomic E-state index is 13.1. The monoisotopic (exact) mass is 366 g/mol. The summed E-state index contributed by atoms with van der Waals surface area (Å²) in [5.41, 5.74) is 2.79. The van der Waals surface area contributed by atoms with E-state index in [0.717, 1.165) is 23.3 Å². The first-order valence-electron chi connectivity index (χ1n) is 9.05. The molecule has 140 valence electrons. The fourth-order valence-corrected chi connectivity index (χ4v) is 3.51. The van der Waals surface area contributed by atoms with E-state index in [0.29, 0.717) is 18.0 Å². The number of rotatable bonds is 3. The summed E-state index contributed by atoms with van der Waals surface area (Å²) in [4.78, 5) is 28.6. The molecule has 0 aromatic heterocycles. The van der Waals surface area contributed by atoms with Crippen LogP contribution in [0, 0.1) is 0 Å². The third-order valence-corrected chi connectivity index (χ3v) is 4.90. The highest BCUT2D eigenvalue weighted by Gasteiger charge is 2.34. The fourth-order valence-electron chi connectivity index (χ4n) is 3.51. The molecule has 27 heavy (non-hydrogen) atoms. The third-order valence-electron chi connectivity index (χ3n) is 4.90. The molecule has 6 nitrogen and oxygen atoms in total. The molecular formula is C21H22N2O4. The lowest BCUT2D eigenvalue weighted by molar-refractivity contribution is -0.136. The zero-order chi connectivity index (χ0) is 19.0. The smallest absolute Gasteiger partial charge is 0.265 e. The van der Waals surface area contributed by atoms with Gasteiger partial charge >= 0.3 is 0 Å². The minimum Gasteiger partial charge on any atom is -0.493 e. The molecule has 2 aliphatic rings. The Morgan fingerprint density at radius 2 is 1.96 bits per heavy atom. The number of para-hydroxylation sites is 2. The van der Waals surface area contributed by atoms with E-state index in [2.05, 4.69) is 0 Å². The van der Waals surface area contributed by atoms with Gasteiger partial charge in [-0.2, -0.15) is 0 Å². The Balaban J connectivity index is 1.59. The van der Waals surface area contributed by atoms with Crippen molar-refractivity contribution >= 4 is 17.5 Å². The zero-order valence-corrected chi connectivity index (χ0v) is 15.5. The molecule has 2 heterocycles. The van der Waals surface area contributed by atoms with E-state index in [9.17, 15) is 9.59 Å². The van der Waals surface area contributed by atoms with E-state index in [-0.39, 0.29) is 24.8 Å². The van der Waals surface area contributed by atoms with E-state index in [1.165, 1.54) is 4.90 Å². The van der Waals surface area contributed by atoms with Crippen LogP contribution in [0.4, 0.5) is 5.69 Å². The van der Waals surface area contributed by atoms with Crippen molar-refractivity contribution in [2.75, 3.05) is 32.1 Å². The number of anilines is 1. The van der Waals surface area contributed by atoms with Crippen LogP contribution in [0.25, 0.3) is 0 Å². The number of amides is 2. The minimum atomic E-state index is -0.702. The molecule has 0 N–H and O–H groups in total. The summed E-state index contributed by atoms with van der Waals surface area (Å²) in [6, 6.07) is 13.2. The number of nitrogens with zero attached hydrogens (tertiary/aromatic N) is 2. The van der Waals surface area contributed by atoms with Crippen molar-refractivity contribution in [2.45, 2.75) is 18.9 Å². The van der Waals surface area contributed by atoms with E-state index in [4.69, 9.17) is 9.47 Å². The average molecular weight is 366 g/mol. The van der Waals surface area contributed by atoms with Crippen LogP contribution < -0.4 is 14.4 Å². The van der Waals surface area contributed by atoms with Crippen molar-refractivity contribution in [3.8, 4) is 11.5 Å². The van der Waals surface area contributed by atoms with Crippen molar-refractivity contribution in [3.05, 3.63) is 53.6 Å². The van der Waals surface area contributed by atoms with E-state index < -0.39 is 6.10 Å². The number of fused-ring (bicyclic) bond motifs is 2. The molecule has 0 unspecified atom stereocenters. The number of benzene rings is 2. The van der Waals surface area contributed by atoms with E-state index >= 15 is 0 Å². The molecule has 2 aromatic rings. The van der Waals surface area contributed by atoms with Gasteiger partial charge < -0.3 is 19.3 Å². The second kappa shape index (κ2) is 6.95. The molecule has 0 radical (unpaired) electrons. The summed E-state index contributed by atoms with van der Waals surface area (Å²) >= 11 is 0. The molecular weight excluding hydrogens is 344 g/mol. The summed E-state index contributed by atoms with van der Waals surface area (Å²) in [5, 5.41) is 0. The van der Waals surface area contributed by atoms with Crippen LogP contribution in [0.3, 0.4) is 0 Å². The van der Waals surface area contributed by atoms with E-state index in [1.807, 2.05) is 36.4 Å². The Hall–Kier alpha value is -3.02. The van der Waals surface area contributed by atoms with Crippen LogP contribution in [0.1, 0.15) is 11.1 Å². The molecule has 0 saturated heterocycles. The zero-order valence-electron chi connectivity index (χ0n) is 15.5. The van der Waals surface area contributed by atoms with Gasteiger partial charge in [-0.05, 0) is 29.3 Å². The van der Waals surface area contributed by atoms with Gasteiger partial charge in [-0.3, -0.25) is 9.59 Å². The molecule has 2 aromatic carbocycles. The first-order chi connectivity index (χ1) is 13.0. The second-order valence-electron chi connectivity index (χ2n) is 7.03. The van der Waals surface area contributed by atoms with Crippen molar-refractivity contribution in [3.63, 3.8) is 0 Å². The lowest BCUT2D eigenvalue weighted by Gasteiger charge is -2.35. The predicted octanol–water partition coefficient (Wildman–Crippen LogP) is 2.05. The minimum absolute atomic E-state index is 0.0545. The van der Waals surface area contributed by atoms with Gasteiger partial charge in [0.15, 0.2) is 6.10 Å². The molecule has 0 saturated carbocycles. The Labute approximate surface area is 158 Å². The second-order valence-corrected chi connectivity index (χ2v) is 7.03. The first-order valence-corrected chi connectivity index (χ1v) is 9.05. The summed E-state index contributed by atoms with van der Waals surface area (Å²) in [7, 11) is 3.37. The molecule has 0 aliphatic carbocycles. The van der Waals surface area contributed by atoms with Gasteiger partial charge in [0.1, 0.15) is 11.5 Å². The average Bonchev–Trinajstić information content (AvgIpc) is 3.14.